The average molecular weight is 260 g/mol. The van der Waals surface area contributed by atoms with Crippen molar-refractivity contribution in [3.8, 4) is 6.07 Å². The van der Waals surface area contributed by atoms with Crippen LogP contribution in [0.4, 0.5) is 4.39 Å². The van der Waals surface area contributed by atoms with Gasteiger partial charge in [-0.1, -0.05) is 12.1 Å². The molecule has 1 N–H and O–H groups in total. The van der Waals surface area contributed by atoms with Gasteiger partial charge in [-0.05, 0) is 36.8 Å². The lowest BCUT2D eigenvalue weighted by atomic mass is 10.1. The number of nitrogens with zero attached hydrogens (tertiary/aromatic N) is 1. The minimum absolute atomic E-state index is 0.0772. The summed E-state index contributed by atoms with van der Waals surface area (Å²) >= 11 is 1.48. The van der Waals surface area contributed by atoms with Gasteiger partial charge in [-0.15, -0.1) is 11.3 Å². The van der Waals surface area contributed by atoms with Gasteiger partial charge in [0.2, 0.25) is 0 Å². The highest BCUT2D eigenvalue weighted by atomic mass is 32.1. The first-order chi connectivity index (χ1) is 8.69. The van der Waals surface area contributed by atoms with Crippen molar-refractivity contribution in [1.82, 2.24) is 5.32 Å². The number of hydrogen-bond donors (Lipinski definition) is 1. The van der Waals surface area contributed by atoms with Gasteiger partial charge in [-0.2, -0.15) is 5.26 Å². The number of nitriles is 1. The Morgan fingerprint density at radius 2 is 2.22 bits per heavy atom. The van der Waals surface area contributed by atoms with Crippen molar-refractivity contribution in [2.24, 2.45) is 0 Å². The number of halogens is 1. The molecule has 4 heteroatoms. The Labute approximate surface area is 110 Å². The van der Waals surface area contributed by atoms with Gasteiger partial charge >= 0.3 is 0 Å². The third kappa shape index (κ3) is 3.16. The second-order valence-corrected chi connectivity index (χ2v) is 5.20. The first-order valence-electron chi connectivity index (χ1n) is 5.66. The summed E-state index contributed by atoms with van der Waals surface area (Å²) < 4.78 is 13.1. The van der Waals surface area contributed by atoms with Gasteiger partial charge < -0.3 is 5.32 Å². The van der Waals surface area contributed by atoms with E-state index in [1.165, 1.54) is 23.5 Å². The van der Waals surface area contributed by atoms with Crippen LogP contribution in [-0.2, 0) is 6.54 Å². The van der Waals surface area contributed by atoms with Crippen LogP contribution in [0.15, 0.2) is 36.4 Å². The zero-order valence-electron chi connectivity index (χ0n) is 9.98. The summed E-state index contributed by atoms with van der Waals surface area (Å²) in [5.74, 6) is -0.218. The number of thiophene rings is 1. The average Bonchev–Trinajstić information content (AvgIpc) is 2.84. The summed E-state index contributed by atoms with van der Waals surface area (Å²) in [6.45, 7) is 2.68. The van der Waals surface area contributed by atoms with Gasteiger partial charge in [-0.3, -0.25) is 0 Å². The van der Waals surface area contributed by atoms with E-state index in [2.05, 4.69) is 11.4 Å². The summed E-state index contributed by atoms with van der Waals surface area (Å²) in [5.41, 5.74) is 0.923. The first-order valence-corrected chi connectivity index (χ1v) is 6.48. The molecule has 0 aliphatic carbocycles. The van der Waals surface area contributed by atoms with Crippen LogP contribution in [0.1, 0.15) is 28.3 Å². The predicted octanol–water partition coefficient (Wildman–Crippen LogP) is 3.61. The molecule has 0 unspecified atom stereocenters. The van der Waals surface area contributed by atoms with Gasteiger partial charge in [0.25, 0.3) is 0 Å². The van der Waals surface area contributed by atoms with E-state index in [1.807, 2.05) is 25.1 Å². The van der Waals surface area contributed by atoms with Gasteiger partial charge in [0.05, 0.1) is 0 Å². The predicted molar refractivity (Wildman–Crippen MR) is 70.7 cm³/mol. The Kier molecular flexibility index (Phi) is 4.08. The topological polar surface area (TPSA) is 35.8 Å². The molecule has 0 aliphatic heterocycles. The highest BCUT2D eigenvalue weighted by Gasteiger charge is 2.06. The molecule has 1 aromatic heterocycles. The molecule has 1 atom stereocenters. The normalized spacial score (nSPS) is 12.1. The molecule has 0 radical (unpaired) electrons. The quantitative estimate of drug-likeness (QED) is 0.911. The van der Waals surface area contributed by atoms with Crippen molar-refractivity contribution in [3.05, 3.63) is 57.5 Å². The first kappa shape index (κ1) is 12.7. The highest BCUT2D eigenvalue weighted by Crippen LogP contribution is 2.18. The lowest BCUT2D eigenvalue weighted by molar-refractivity contribution is 0.568. The Morgan fingerprint density at radius 3 is 2.89 bits per heavy atom. The van der Waals surface area contributed by atoms with E-state index < -0.39 is 0 Å². The maximum atomic E-state index is 13.1. The minimum Gasteiger partial charge on any atom is -0.305 e. The van der Waals surface area contributed by atoms with E-state index in [-0.39, 0.29) is 11.9 Å². The van der Waals surface area contributed by atoms with Gasteiger partial charge in [0.15, 0.2) is 0 Å². The van der Waals surface area contributed by atoms with E-state index in [1.54, 1.807) is 6.07 Å². The molecule has 0 bridgehead atoms. The summed E-state index contributed by atoms with van der Waals surface area (Å²) in [7, 11) is 0. The van der Waals surface area contributed by atoms with E-state index in [9.17, 15) is 4.39 Å². The monoisotopic (exact) mass is 260 g/mol. The molecule has 1 aromatic carbocycles. The number of hydrogen-bond acceptors (Lipinski definition) is 3. The molecule has 1 heterocycles. The van der Waals surface area contributed by atoms with Crippen LogP contribution in [0.2, 0.25) is 0 Å². The molecule has 0 saturated heterocycles. The van der Waals surface area contributed by atoms with Gasteiger partial charge in [0, 0.05) is 17.5 Å². The van der Waals surface area contributed by atoms with Crippen LogP contribution in [0.25, 0.3) is 0 Å². The van der Waals surface area contributed by atoms with Gasteiger partial charge in [-0.25, -0.2) is 4.39 Å². The number of nitrogens with one attached hydrogen (secondary N) is 1. The van der Waals surface area contributed by atoms with Crippen molar-refractivity contribution >= 4 is 11.3 Å². The fourth-order valence-corrected chi connectivity index (χ4v) is 2.44. The van der Waals surface area contributed by atoms with E-state index >= 15 is 0 Å². The fourth-order valence-electron chi connectivity index (χ4n) is 1.68. The fraction of sp³-hybridized carbons (Fsp3) is 0.214. The molecule has 2 nitrogen and oxygen atoms in total. The second-order valence-electron chi connectivity index (χ2n) is 4.04. The minimum atomic E-state index is -0.218. The maximum Gasteiger partial charge on any atom is 0.123 e. The molecule has 0 spiro atoms. The van der Waals surface area contributed by atoms with E-state index in [0.29, 0.717) is 11.4 Å². The van der Waals surface area contributed by atoms with Crippen LogP contribution in [0, 0.1) is 17.1 Å². The molecule has 0 fully saturated rings. The largest absolute Gasteiger partial charge is 0.305 e. The molecule has 2 aromatic rings. The zero-order valence-corrected chi connectivity index (χ0v) is 10.8. The molecule has 0 aliphatic rings. The standard InChI is InChI=1S/C14H13FN2S/c1-10(11-3-2-4-12(15)7-11)17-9-14-6-5-13(8-16)18-14/h2-7,10,17H,9H2,1H3/t10-/m0/s1. The lowest BCUT2D eigenvalue weighted by Crippen LogP contribution is -2.17. The number of benzene rings is 1. The highest BCUT2D eigenvalue weighted by molar-refractivity contribution is 7.12. The van der Waals surface area contributed by atoms with Crippen molar-refractivity contribution in [3.63, 3.8) is 0 Å². The van der Waals surface area contributed by atoms with Crippen LogP contribution in [-0.4, -0.2) is 0 Å². The third-order valence-corrected chi connectivity index (χ3v) is 3.69. The van der Waals surface area contributed by atoms with Crippen LogP contribution < -0.4 is 5.32 Å². The third-order valence-electron chi connectivity index (χ3n) is 2.70. The van der Waals surface area contributed by atoms with E-state index in [0.717, 1.165) is 10.4 Å². The van der Waals surface area contributed by atoms with Crippen LogP contribution in [0.3, 0.4) is 0 Å². The molecule has 0 amide bonds. The zero-order chi connectivity index (χ0) is 13.0. The second kappa shape index (κ2) is 5.76. The molecular formula is C14H13FN2S. The van der Waals surface area contributed by atoms with E-state index in [4.69, 9.17) is 5.26 Å². The van der Waals surface area contributed by atoms with Crippen molar-refractivity contribution in [2.45, 2.75) is 19.5 Å². The Morgan fingerprint density at radius 1 is 1.39 bits per heavy atom. The SMILES string of the molecule is C[C@H](NCc1ccc(C#N)s1)c1cccc(F)c1. The van der Waals surface area contributed by atoms with Crippen LogP contribution >= 0.6 is 11.3 Å². The Balaban J connectivity index is 1.96. The molecule has 0 saturated carbocycles. The molecular weight excluding hydrogens is 247 g/mol. The number of rotatable bonds is 4. The van der Waals surface area contributed by atoms with Crippen molar-refractivity contribution in [1.29, 1.82) is 5.26 Å². The summed E-state index contributed by atoms with van der Waals surface area (Å²) in [6.07, 6.45) is 0. The summed E-state index contributed by atoms with van der Waals surface area (Å²) in [4.78, 5) is 1.82. The maximum absolute atomic E-state index is 13.1. The Hall–Kier alpha value is -1.70. The van der Waals surface area contributed by atoms with Crippen molar-refractivity contribution in [2.75, 3.05) is 0 Å². The van der Waals surface area contributed by atoms with Crippen LogP contribution in [0.5, 0.6) is 0 Å². The van der Waals surface area contributed by atoms with Crippen molar-refractivity contribution < 1.29 is 4.39 Å². The summed E-state index contributed by atoms with van der Waals surface area (Å²) in [6, 6.07) is 12.5. The molecule has 92 valence electrons. The summed E-state index contributed by atoms with van der Waals surface area (Å²) in [5, 5.41) is 12.0. The van der Waals surface area contributed by atoms with Gasteiger partial charge in [0.1, 0.15) is 16.8 Å². The molecule has 18 heavy (non-hydrogen) atoms. The smallest absolute Gasteiger partial charge is 0.123 e. The molecule has 2 rings (SSSR count). The Bertz CT molecular complexity index is 571. The lowest BCUT2D eigenvalue weighted by Gasteiger charge is -2.13.